The van der Waals surface area contributed by atoms with Gasteiger partial charge in [-0.25, -0.2) is 0 Å². The van der Waals surface area contributed by atoms with Crippen LogP contribution in [0.4, 0.5) is 0 Å². The maximum atomic E-state index is 3.79. The number of hydrogen-bond donors (Lipinski definition) is 0. The third-order valence-corrected chi connectivity index (χ3v) is 5.89. The summed E-state index contributed by atoms with van der Waals surface area (Å²) in [5, 5.41) is 1.19. The van der Waals surface area contributed by atoms with Gasteiger partial charge in [-0.05, 0) is 32.2 Å². The lowest BCUT2D eigenvalue weighted by atomic mass is 9.75. The summed E-state index contributed by atoms with van der Waals surface area (Å²) in [6, 6.07) is 0.728. The molecule has 2 nitrogen and oxygen atoms in total. The van der Waals surface area contributed by atoms with Crippen LogP contribution in [0.1, 0.15) is 39.0 Å². The first-order valence-electron chi connectivity index (χ1n) is 7.14. The number of alkyl halides is 1. The zero-order valence-corrected chi connectivity index (χ0v) is 13.0. The summed E-state index contributed by atoms with van der Waals surface area (Å²) >= 11 is 3.79. The zero-order valence-electron chi connectivity index (χ0n) is 11.4. The summed E-state index contributed by atoms with van der Waals surface area (Å²) < 4.78 is 0. The summed E-state index contributed by atoms with van der Waals surface area (Å²) in [5.41, 5.74) is 0.572. The Bertz CT molecular complexity index is 238. The standard InChI is InChI=1S/C14H27BrN2/c1-13-10-16(2)8-9-17(13)12-14(11-15)6-4-3-5-7-14/h13H,3-12H2,1-2H3. The molecule has 1 saturated heterocycles. The van der Waals surface area contributed by atoms with Gasteiger partial charge < -0.3 is 4.90 Å². The molecule has 0 aromatic heterocycles. The van der Waals surface area contributed by atoms with E-state index in [4.69, 9.17) is 0 Å². The van der Waals surface area contributed by atoms with E-state index in [0.717, 1.165) is 6.04 Å². The van der Waals surface area contributed by atoms with Crippen molar-refractivity contribution in [2.24, 2.45) is 5.41 Å². The Morgan fingerprint density at radius 2 is 1.88 bits per heavy atom. The molecule has 100 valence electrons. The van der Waals surface area contributed by atoms with Crippen molar-refractivity contribution < 1.29 is 0 Å². The predicted octanol–water partition coefficient (Wildman–Crippen LogP) is 2.97. The van der Waals surface area contributed by atoms with Crippen molar-refractivity contribution in [3.05, 3.63) is 0 Å². The third-order valence-electron chi connectivity index (χ3n) is 4.70. The molecule has 0 spiro atoms. The minimum atomic E-state index is 0.572. The summed E-state index contributed by atoms with van der Waals surface area (Å²) in [6.07, 6.45) is 7.18. The summed E-state index contributed by atoms with van der Waals surface area (Å²) in [6.45, 7) is 7.43. The Balaban J connectivity index is 1.93. The number of halogens is 1. The van der Waals surface area contributed by atoms with Crippen molar-refractivity contribution in [1.29, 1.82) is 0 Å². The lowest BCUT2D eigenvalue weighted by Crippen LogP contribution is -2.54. The van der Waals surface area contributed by atoms with Gasteiger partial charge in [0, 0.05) is 37.6 Å². The van der Waals surface area contributed by atoms with Gasteiger partial charge in [-0.3, -0.25) is 4.90 Å². The van der Waals surface area contributed by atoms with Gasteiger partial charge >= 0.3 is 0 Å². The molecule has 0 bridgehead atoms. The van der Waals surface area contributed by atoms with E-state index in [-0.39, 0.29) is 0 Å². The van der Waals surface area contributed by atoms with Crippen LogP contribution in [-0.4, -0.2) is 54.4 Å². The van der Waals surface area contributed by atoms with Crippen molar-refractivity contribution in [2.45, 2.75) is 45.1 Å². The highest BCUT2D eigenvalue weighted by atomic mass is 79.9. The molecule has 0 radical (unpaired) electrons. The SMILES string of the molecule is CC1CN(C)CCN1CC1(CBr)CCCCC1. The van der Waals surface area contributed by atoms with E-state index >= 15 is 0 Å². The molecular weight excluding hydrogens is 276 g/mol. The van der Waals surface area contributed by atoms with Crippen LogP contribution >= 0.6 is 15.9 Å². The number of hydrogen-bond acceptors (Lipinski definition) is 2. The predicted molar refractivity (Wildman–Crippen MR) is 77.8 cm³/mol. The third kappa shape index (κ3) is 3.45. The molecule has 0 amide bonds. The highest BCUT2D eigenvalue weighted by molar-refractivity contribution is 9.09. The molecule has 0 aromatic carbocycles. The van der Waals surface area contributed by atoms with E-state index in [2.05, 4.69) is 39.7 Å². The molecule has 1 saturated carbocycles. The highest BCUT2D eigenvalue weighted by Gasteiger charge is 2.35. The molecule has 0 aromatic rings. The molecular formula is C14H27BrN2. The summed E-state index contributed by atoms with van der Waals surface area (Å²) in [7, 11) is 2.24. The molecule has 17 heavy (non-hydrogen) atoms. The topological polar surface area (TPSA) is 6.48 Å². The minimum Gasteiger partial charge on any atom is -0.304 e. The largest absolute Gasteiger partial charge is 0.304 e. The van der Waals surface area contributed by atoms with E-state index < -0.39 is 0 Å². The van der Waals surface area contributed by atoms with E-state index in [9.17, 15) is 0 Å². The second-order valence-electron chi connectivity index (χ2n) is 6.28. The van der Waals surface area contributed by atoms with Gasteiger partial charge in [0.15, 0.2) is 0 Å². The van der Waals surface area contributed by atoms with Crippen molar-refractivity contribution in [3.63, 3.8) is 0 Å². The van der Waals surface area contributed by atoms with Gasteiger partial charge in [-0.1, -0.05) is 35.2 Å². The van der Waals surface area contributed by atoms with Crippen molar-refractivity contribution >= 4 is 15.9 Å². The molecule has 3 heteroatoms. The Morgan fingerprint density at radius 1 is 1.18 bits per heavy atom. The van der Waals surface area contributed by atoms with E-state index in [1.165, 1.54) is 63.6 Å². The van der Waals surface area contributed by atoms with Gasteiger partial charge in [0.1, 0.15) is 0 Å². The van der Waals surface area contributed by atoms with Gasteiger partial charge in [-0.15, -0.1) is 0 Å². The molecule has 2 fully saturated rings. The first-order valence-corrected chi connectivity index (χ1v) is 8.26. The molecule has 1 aliphatic heterocycles. The van der Waals surface area contributed by atoms with Crippen molar-refractivity contribution in [2.75, 3.05) is 38.6 Å². The van der Waals surface area contributed by atoms with Crippen LogP contribution in [0.25, 0.3) is 0 Å². The van der Waals surface area contributed by atoms with Gasteiger partial charge in [-0.2, -0.15) is 0 Å². The first-order chi connectivity index (χ1) is 8.15. The van der Waals surface area contributed by atoms with Crippen LogP contribution in [0.5, 0.6) is 0 Å². The van der Waals surface area contributed by atoms with Crippen molar-refractivity contribution in [3.8, 4) is 0 Å². The second kappa shape index (κ2) is 6.03. The molecule has 0 N–H and O–H groups in total. The first kappa shape index (κ1) is 13.8. The monoisotopic (exact) mass is 302 g/mol. The maximum absolute atomic E-state index is 3.79. The number of likely N-dealkylation sites (N-methyl/N-ethyl adjacent to an activating group) is 1. The Kier molecular flexibility index (Phi) is 4.90. The fourth-order valence-electron chi connectivity index (χ4n) is 3.48. The number of nitrogens with zero attached hydrogens (tertiary/aromatic N) is 2. The Labute approximate surface area is 115 Å². The van der Waals surface area contributed by atoms with Gasteiger partial charge in [0.25, 0.3) is 0 Å². The van der Waals surface area contributed by atoms with E-state index in [1.54, 1.807) is 0 Å². The summed E-state index contributed by atoms with van der Waals surface area (Å²) in [4.78, 5) is 5.19. The summed E-state index contributed by atoms with van der Waals surface area (Å²) in [5.74, 6) is 0. The zero-order chi connectivity index (χ0) is 12.3. The Morgan fingerprint density at radius 3 is 2.47 bits per heavy atom. The minimum absolute atomic E-state index is 0.572. The molecule has 1 unspecified atom stereocenters. The maximum Gasteiger partial charge on any atom is 0.0195 e. The van der Waals surface area contributed by atoms with Gasteiger partial charge in [0.05, 0.1) is 0 Å². The van der Waals surface area contributed by atoms with E-state index in [1.807, 2.05) is 0 Å². The van der Waals surface area contributed by atoms with Crippen LogP contribution < -0.4 is 0 Å². The quantitative estimate of drug-likeness (QED) is 0.740. The second-order valence-corrected chi connectivity index (χ2v) is 6.84. The normalized spacial score (nSPS) is 31.6. The number of piperazine rings is 1. The lowest BCUT2D eigenvalue weighted by molar-refractivity contribution is 0.0476. The molecule has 1 heterocycles. The number of rotatable bonds is 3. The fraction of sp³-hybridized carbons (Fsp3) is 1.00. The average molecular weight is 303 g/mol. The molecule has 2 rings (SSSR count). The van der Waals surface area contributed by atoms with E-state index in [0.29, 0.717) is 5.41 Å². The van der Waals surface area contributed by atoms with Crippen LogP contribution in [0, 0.1) is 5.41 Å². The van der Waals surface area contributed by atoms with Crippen LogP contribution in [0.2, 0.25) is 0 Å². The Hall–Kier alpha value is 0.400. The molecule has 1 atom stereocenters. The van der Waals surface area contributed by atoms with Crippen LogP contribution in [-0.2, 0) is 0 Å². The van der Waals surface area contributed by atoms with Crippen LogP contribution in [0.3, 0.4) is 0 Å². The average Bonchev–Trinajstić information content (AvgIpc) is 2.34. The van der Waals surface area contributed by atoms with Gasteiger partial charge in [0.2, 0.25) is 0 Å². The van der Waals surface area contributed by atoms with Crippen LogP contribution in [0.15, 0.2) is 0 Å². The molecule has 2 aliphatic rings. The smallest absolute Gasteiger partial charge is 0.0195 e. The fourth-order valence-corrected chi connectivity index (χ4v) is 4.22. The highest BCUT2D eigenvalue weighted by Crippen LogP contribution is 2.39. The lowest BCUT2D eigenvalue weighted by Gasteiger charge is -2.45. The molecule has 1 aliphatic carbocycles. The van der Waals surface area contributed by atoms with Crippen molar-refractivity contribution in [1.82, 2.24) is 9.80 Å².